The molecule has 0 N–H and O–H groups in total. The molecule has 0 unspecified atom stereocenters. The number of benzene rings is 8. The van der Waals surface area contributed by atoms with Crippen molar-refractivity contribution in [1.29, 1.82) is 0 Å². The summed E-state index contributed by atoms with van der Waals surface area (Å²) in [6.45, 7) is 9.48. The van der Waals surface area contributed by atoms with E-state index in [0.29, 0.717) is 0 Å². The molecule has 0 amide bonds. The third-order valence-electron chi connectivity index (χ3n) is 12.2. The van der Waals surface area contributed by atoms with E-state index in [4.69, 9.17) is 0 Å². The van der Waals surface area contributed by atoms with E-state index in [2.05, 4.69) is 184 Å². The van der Waals surface area contributed by atoms with Crippen LogP contribution in [0.3, 0.4) is 0 Å². The second-order valence-electron chi connectivity index (χ2n) is 15.7. The molecular weight excluding hydrogens is 694 g/mol. The van der Waals surface area contributed by atoms with E-state index in [-0.39, 0.29) is 25.3 Å². The van der Waals surface area contributed by atoms with Gasteiger partial charge in [0.25, 0.3) is 0 Å². The van der Waals surface area contributed by atoms with Gasteiger partial charge in [0.15, 0.2) is 0 Å². The van der Waals surface area contributed by atoms with Crippen molar-refractivity contribution in [2.45, 2.75) is 38.5 Å². The first-order chi connectivity index (χ1) is 25.3. The molecule has 0 spiro atoms. The molecule has 0 saturated carbocycles. The molecule has 0 atom stereocenters. The maximum absolute atomic E-state index is 2.51. The third-order valence-corrected chi connectivity index (χ3v) is 14.8. The summed E-state index contributed by atoms with van der Waals surface area (Å²) in [5.41, 5.74) is 14.4. The first-order valence-electron chi connectivity index (χ1n) is 18.3. The van der Waals surface area contributed by atoms with Crippen molar-refractivity contribution in [2.24, 2.45) is 0 Å². The summed E-state index contributed by atoms with van der Waals surface area (Å²) >= 11 is 0.260. The molecule has 0 saturated heterocycles. The zero-order valence-electron chi connectivity index (χ0n) is 29.8. The molecule has 0 bridgehead atoms. The summed E-state index contributed by atoms with van der Waals surface area (Å²) in [6, 6.07) is 57.7. The molecule has 2 aliphatic carbocycles. The SMILES string of the molecule is CC1(C)c2ccccc2-c2cc(N(c3ccc4c(c3)C(C)(C)c3ccccc3-4)c3ccc4ccc5ccc6c7ccccc7[se]c6c5c4c3)ccc21. The van der Waals surface area contributed by atoms with Gasteiger partial charge in [0.05, 0.1) is 0 Å². The normalized spacial score (nSPS) is 14.8. The van der Waals surface area contributed by atoms with Crippen molar-refractivity contribution in [1.82, 2.24) is 0 Å². The summed E-state index contributed by atoms with van der Waals surface area (Å²) in [6.07, 6.45) is 0. The average molecular weight is 731 g/mol. The molecule has 2 heteroatoms. The number of hydrogen-bond donors (Lipinski definition) is 0. The van der Waals surface area contributed by atoms with Crippen molar-refractivity contribution < 1.29 is 0 Å². The molecule has 1 nitrogen and oxygen atoms in total. The van der Waals surface area contributed by atoms with Gasteiger partial charge in [-0.3, -0.25) is 0 Å². The fraction of sp³-hybridized carbons (Fsp3) is 0.120. The van der Waals surface area contributed by atoms with Crippen molar-refractivity contribution in [3.8, 4) is 22.3 Å². The maximum atomic E-state index is 2.51. The second kappa shape index (κ2) is 10.6. The van der Waals surface area contributed by atoms with E-state index >= 15 is 0 Å². The molecule has 1 aromatic heterocycles. The molecule has 9 aromatic rings. The van der Waals surface area contributed by atoms with Crippen LogP contribution in [-0.4, -0.2) is 14.5 Å². The van der Waals surface area contributed by atoms with Crippen molar-refractivity contribution in [3.05, 3.63) is 174 Å². The van der Waals surface area contributed by atoms with Crippen LogP contribution in [0.5, 0.6) is 0 Å². The summed E-state index contributed by atoms with van der Waals surface area (Å²) in [4.78, 5) is 2.51. The van der Waals surface area contributed by atoms with Crippen molar-refractivity contribution in [2.75, 3.05) is 4.90 Å². The number of nitrogens with zero attached hydrogens (tertiary/aromatic N) is 1. The fourth-order valence-corrected chi connectivity index (χ4v) is 12.2. The number of hydrogen-bond acceptors (Lipinski definition) is 1. The first kappa shape index (κ1) is 30.2. The topological polar surface area (TPSA) is 3.24 Å². The van der Waals surface area contributed by atoms with E-state index in [1.54, 1.807) is 0 Å². The van der Waals surface area contributed by atoms with Crippen LogP contribution < -0.4 is 4.90 Å². The molecule has 8 aromatic carbocycles. The zero-order chi connectivity index (χ0) is 34.9. The van der Waals surface area contributed by atoms with Crippen LogP contribution in [0.4, 0.5) is 17.1 Å². The Labute approximate surface area is 310 Å². The Kier molecular flexibility index (Phi) is 6.15. The van der Waals surface area contributed by atoms with Gasteiger partial charge in [0.2, 0.25) is 0 Å². The molecule has 0 fully saturated rings. The zero-order valence-corrected chi connectivity index (χ0v) is 31.5. The molecule has 2 aliphatic rings. The molecule has 1 heterocycles. The summed E-state index contributed by atoms with van der Waals surface area (Å²) < 4.78 is 2.99. The Morgan fingerprint density at radius 2 is 0.962 bits per heavy atom. The standard InChI is InChI=1S/C50H37NSe/c1-49(2)43-15-9-6-12-36(43)41-28-33(23-26-44(41)49)51(34-22-25-37-35-11-5-8-14-42(35)50(3,4)45(37)29-34)32-21-19-30-17-18-31-20-24-39-38-13-7-10-16-46(38)52-48(39)47(31)40(30)27-32/h5-29H,1-4H3. The van der Waals surface area contributed by atoms with E-state index in [1.807, 2.05) is 0 Å². The monoisotopic (exact) mass is 731 g/mol. The minimum atomic E-state index is -0.0915. The van der Waals surface area contributed by atoms with E-state index in [1.165, 1.54) is 102 Å². The van der Waals surface area contributed by atoms with Gasteiger partial charge in [-0.1, -0.05) is 18.2 Å². The van der Waals surface area contributed by atoms with Gasteiger partial charge in [-0.05, 0) is 0 Å². The van der Waals surface area contributed by atoms with Gasteiger partial charge in [-0.15, -0.1) is 0 Å². The number of fused-ring (bicyclic) bond motifs is 13. The Morgan fingerprint density at radius 1 is 0.404 bits per heavy atom. The van der Waals surface area contributed by atoms with Crippen LogP contribution >= 0.6 is 0 Å². The predicted octanol–water partition coefficient (Wildman–Crippen LogP) is 13.4. The Bertz CT molecular complexity index is 2980. The van der Waals surface area contributed by atoms with Gasteiger partial charge in [0, 0.05) is 0 Å². The summed E-state index contributed by atoms with van der Waals surface area (Å²) in [5.74, 6) is 0. The summed E-state index contributed by atoms with van der Waals surface area (Å²) in [5, 5.41) is 8.14. The van der Waals surface area contributed by atoms with Crippen LogP contribution in [0.1, 0.15) is 49.9 Å². The summed E-state index contributed by atoms with van der Waals surface area (Å²) in [7, 11) is 0. The fourth-order valence-electron chi connectivity index (χ4n) is 9.57. The van der Waals surface area contributed by atoms with Crippen LogP contribution in [0.15, 0.2) is 152 Å². The van der Waals surface area contributed by atoms with Crippen LogP contribution in [-0.2, 0) is 10.8 Å². The Hall–Kier alpha value is -5.40. The van der Waals surface area contributed by atoms with Crippen molar-refractivity contribution >= 4 is 72.4 Å². The van der Waals surface area contributed by atoms with Crippen molar-refractivity contribution in [3.63, 3.8) is 0 Å². The van der Waals surface area contributed by atoms with Crippen LogP contribution in [0.25, 0.3) is 63.1 Å². The molecule has 0 radical (unpaired) electrons. The third kappa shape index (κ3) is 4.05. The first-order valence-corrected chi connectivity index (χ1v) is 20.1. The molecule has 248 valence electrons. The van der Waals surface area contributed by atoms with E-state index in [0.717, 1.165) is 0 Å². The molecule has 11 rings (SSSR count). The van der Waals surface area contributed by atoms with Crippen LogP contribution in [0.2, 0.25) is 0 Å². The minimum absolute atomic E-state index is 0.0414. The predicted molar refractivity (Wildman–Crippen MR) is 223 cm³/mol. The molecule has 52 heavy (non-hydrogen) atoms. The average Bonchev–Trinajstić information content (AvgIpc) is 3.74. The van der Waals surface area contributed by atoms with Gasteiger partial charge < -0.3 is 0 Å². The molecule has 0 aliphatic heterocycles. The van der Waals surface area contributed by atoms with Gasteiger partial charge in [-0.25, -0.2) is 0 Å². The van der Waals surface area contributed by atoms with E-state index < -0.39 is 0 Å². The Morgan fingerprint density at radius 3 is 1.79 bits per heavy atom. The number of anilines is 3. The quantitative estimate of drug-likeness (QED) is 0.129. The molecular formula is C50H37NSe. The number of rotatable bonds is 3. The van der Waals surface area contributed by atoms with Crippen LogP contribution in [0, 0.1) is 0 Å². The second-order valence-corrected chi connectivity index (χ2v) is 18.0. The van der Waals surface area contributed by atoms with E-state index in [9.17, 15) is 0 Å². The van der Waals surface area contributed by atoms with Gasteiger partial charge >= 0.3 is 294 Å². The van der Waals surface area contributed by atoms with Gasteiger partial charge in [-0.2, -0.15) is 0 Å². The Balaban J connectivity index is 1.18. The van der Waals surface area contributed by atoms with Gasteiger partial charge in [0.1, 0.15) is 0 Å².